The van der Waals surface area contributed by atoms with Crippen molar-refractivity contribution in [1.82, 2.24) is 10.2 Å². The van der Waals surface area contributed by atoms with Crippen LogP contribution >= 0.6 is 0 Å². The normalized spacial score (nSPS) is 37.3. The number of piperidine rings is 1. The van der Waals surface area contributed by atoms with Gasteiger partial charge < -0.3 is 20.6 Å². The fourth-order valence-corrected chi connectivity index (χ4v) is 6.71. The molecule has 5 atom stereocenters. The van der Waals surface area contributed by atoms with Crippen molar-refractivity contribution in [3.05, 3.63) is 29.3 Å². The maximum atomic E-state index is 12.5. The van der Waals surface area contributed by atoms with Crippen LogP contribution in [-0.4, -0.2) is 63.0 Å². The Morgan fingerprint density at radius 1 is 1.29 bits per heavy atom. The second kappa shape index (κ2) is 7.46. The number of nitrogens with one attached hydrogen (secondary N) is 1. The largest absolute Gasteiger partial charge is 0.508 e. The number of carbonyl (C=O) groups is 1. The van der Waals surface area contributed by atoms with E-state index in [2.05, 4.69) is 10.2 Å². The van der Waals surface area contributed by atoms with Gasteiger partial charge in [-0.25, -0.2) is 0 Å². The second-order valence-electron chi connectivity index (χ2n) is 11.0. The number of phenols is 1. The van der Waals surface area contributed by atoms with E-state index in [0.717, 1.165) is 37.4 Å². The van der Waals surface area contributed by atoms with E-state index in [1.165, 1.54) is 18.4 Å². The SMILES string of the molecule is CC(C)CC(=O)N[C@H]1C[C@@]2(O)[C@H]3Cc4ccc(O)cc4[C@@]2(CCN3CC2CC2)C[C@H]1O. The molecular formula is C25H36N2O4. The number of carbonyl (C=O) groups excluding carboxylic acids is 1. The highest BCUT2D eigenvalue weighted by atomic mass is 16.3. The van der Waals surface area contributed by atoms with Crippen molar-refractivity contribution in [2.45, 2.75) is 88.0 Å². The Hall–Kier alpha value is -1.63. The summed E-state index contributed by atoms with van der Waals surface area (Å²) < 4.78 is 0. The molecule has 5 rings (SSSR count). The van der Waals surface area contributed by atoms with Gasteiger partial charge in [0, 0.05) is 30.8 Å². The summed E-state index contributed by atoms with van der Waals surface area (Å²) in [6, 6.07) is 5.04. The first-order chi connectivity index (χ1) is 14.7. The number of hydrogen-bond acceptors (Lipinski definition) is 5. The third kappa shape index (κ3) is 3.47. The van der Waals surface area contributed by atoms with Crippen LogP contribution in [0.3, 0.4) is 0 Å². The molecule has 1 heterocycles. The van der Waals surface area contributed by atoms with Crippen molar-refractivity contribution < 1.29 is 20.1 Å². The summed E-state index contributed by atoms with van der Waals surface area (Å²) in [6.07, 6.45) is 4.48. The van der Waals surface area contributed by atoms with Gasteiger partial charge in [-0.05, 0) is 73.7 Å². The third-order valence-corrected chi connectivity index (χ3v) is 8.35. The van der Waals surface area contributed by atoms with Crippen LogP contribution in [0, 0.1) is 11.8 Å². The Morgan fingerprint density at radius 2 is 2.06 bits per heavy atom. The van der Waals surface area contributed by atoms with Crippen molar-refractivity contribution in [3.8, 4) is 5.75 Å². The highest BCUT2D eigenvalue weighted by molar-refractivity contribution is 5.76. The van der Waals surface area contributed by atoms with E-state index in [9.17, 15) is 20.1 Å². The summed E-state index contributed by atoms with van der Waals surface area (Å²) >= 11 is 0. The number of aliphatic hydroxyl groups is 2. The summed E-state index contributed by atoms with van der Waals surface area (Å²) in [7, 11) is 0. The van der Waals surface area contributed by atoms with Crippen molar-refractivity contribution in [1.29, 1.82) is 0 Å². The zero-order chi connectivity index (χ0) is 22.0. The number of rotatable bonds is 5. The number of aromatic hydroxyl groups is 1. The third-order valence-electron chi connectivity index (χ3n) is 8.35. The smallest absolute Gasteiger partial charge is 0.220 e. The molecule has 1 aliphatic heterocycles. The Morgan fingerprint density at radius 3 is 2.77 bits per heavy atom. The first kappa shape index (κ1) is 21.2. The van der Waals surface area contributed by atoms with Gasteiger partial charge in [0.1, 0.15) is 5.75 Å². The van der Waals surface area contributed by atoms with Crippen LogP contribution in [-0.2, 0) is 16.6 Å². The van der Waals surface area contributed by atoms with Crippen LogP contribution in [0.2, 0.25) is 0 Å². The molecular weight excluding hydrogens is 392 g/mol. The van der Waals surface area contributed by atoms with E-state index >= 15 is 0 Å². The topological polar surface area (TPSA) is 93.0 Å². The first-order valence-electron chi connectivity index (χ1n) is 12.0. The van der Waals surface area contributed by atoms with Gasteiger partial charge in [-0.1, -0.05) is 19.9 Å². The Balaban J connectivity index is 1.52. The Bertz CT molecular complexity index is 869. The molecule has 1 aromatic rings. The number of amides is 1. The van der Waals surface area contributed by atoms with Gasteiger partial charge >= 0.3 is 0 Å². The minimum atomic E-state index is -1.05. The Kier molecular flexibility index (Phi) is 5.11. The number of aliphatic hydroxyl groups excluding tert-OH is 1. The lowest BCUT2D eigenvalue weighted by Crippen LogP contribution is -2.76. The molecule has 4 aliphatic rings. The van der Waals surface area contributed by atoms with Crippen LogP contribution in [0.15, 0.2) is 18.2 Å². The van der Waals surface area contributed by atoms with Gasteiger partial charge in [0.2, 0.25) is 5.91 Å². The molecule has 0 radical (unpaired) electrons. The van der Waals surface area contributed by atoms with Gasteiger partial charge in [0.05, 0.1) is 17.7 Å². The fourth-order valence-electron chi connectivity index (χ4n) is 6.71. The lowest BCUT2D eigenvalue weighted by atomic mass is 9.48. The number of hydrogen-bond donors (Lipinski definition) is 4. The van der Waals surface area contributed by atoms with Gasteiger partial charge in [0.25, 0.3) is 0 Å². The van der Waals surface area contributed by atoms with Crippen LogP contribution in [0.1, 0.15) is 63.5 Å². The van der Waals surface area contributed by atoms with Crippen molar-refractivity contribution >= 4 is 5.91 Å². The van der Waals surface area contributed by atoms with Crippen molar-refractivity contribution in [3.63, 3.8) is 0 Å². The van der Waals surface area contributed by atoms with E-state index in [-0.39, 0.29) is 23.6 Å². The predicted molar refractivity (Wildman–Crippen MR) is 118 cm³/mol. The summed E-state index contributed by atoms with van der Waals surface area (Å²) in [5.74, 6) is 1.12. The maximum Gasteiger partial charge on any atom is 0.220 e. The van der Waals surface area contributed by atoms with E-state index in [0.29, 0.717) is 19.3 Å². The molecule has 1 aromatic carbocycles. The molecule has 0 unspecified atom stereocenters. The molecule has 31 heavy (non-hydrogen) atoms. The van der Waals surface area contributed by atoms with E-state index in [1.54, 1.807) is 12.1 Å². The number of fused-ring (bicyclic) bond motifs is 1. The first-order valence-corrected chi connectivity index (χ1v) is 12.0. The summed E-state index contributed by atoms with van der Waals surface area (Å²) in [5.41, 5.74) is 0.518. The molecule has 2 bridgehead atoms. The molecule has 0 aromatic heterocycles. The van der Waals surface area contributed by atoms with Crippen molar-refractivity contribution in [2.24, 2.45) is 11.8 Å². The molecule has 1 saturated heterocycles. The molecule has 3 aliphatic carbocycles. The number of nitrogens with zero attached hydrogens (tertiary/aromatic N) is 1. The standard InChI is InChI=1S/C25H36N2O4/c1-15(2)9-23(30)26-20-12-25(31)22-10-17-5-6-18(28)11-19(17)24(25,13-21(20)29)7-8-27(22)14-16-3-4-16/h5-6,11,15-16,20-22,28-29,31H,3-4,7-10,12-14H2,1-2H3,(H,26,30)/t20-,21+,22+,24+,25+/m0/s1. The lowest BCUT2D eigenvalue weighted by molar-refractivity contribution is -0.190. The average molecular weight is 429 g/mol. The van der Waals surface area contributed by atoms with Crippen LogP contribution < -0.4 is 5.32 Å². The molecule has 2 saturated carbocycles. The minimum absolute atomic E-state index is 0.0316. The van der Waals surface area contributed by atoms with Gasteiger partial charge in [-0.3, -0.25) is 9.69 Å². The monoisotopic (exact) mass is 428 g/mol. The highest BCUT2D eigenvalue weighted by Crippen LogP contribution is 2.58. The van der Waals surface area contributed by atoms with Crippen LogP contribution in [0.5, 0.6) is 5.75 Å². The van der Waals surface area contributed by atoms with E-state index in [1.807, 2.05) is 19.9 Å². The maximum absolute atomic E-state index is 12.5. The van der Waals surface area contributed by atoms with E-state index < -0.39 is 23.2 Å². The number of phenolic OH excluding ortho intramolecular Hbond substituents is 1. The fraction of sp³-hybridized carbons (Fsp3) is 0.720. The quantitative estimate of drug-likeness (QED) is 0.576. The molecule has 6 heteroatoms. The average Bonchev–Trinajstić information content (AvgIpc) is 3.49. The highest BCUT2D eigenvalue weighted by Gasteiger charge is 2.66. The minimum Gasteiger partial charge on any atom is -0.508 e. The molecule has 0 spiro atoms. The number of benzene rings is 1. The van der Waals surface area contributed by atoms with Gasteiger partial charge in [0.15, 0.2) is 0 Å². The lowest BCUT2D eigenvalue weighted by Gasteiger charge is -2.65. The predicted octanol–water partition coefficient (Wildman–Crippen LogP) is 2.09. The number of likely N-dealkylation sites (tertiary alicyclic amines) is 1. The zero-order valence-corrected chi connectivity index (χ0v) is 18.7. The second-order valence-corrected chi connectivity index (χ2v) is 11.0. The summed E-state index contributed by atoms with van der Waals surface area (Å²) in [6.45, 7) is 5.92. The van der Waals surface area contributed by atoms with E-state index in [4.69, 9.17) is 0 Å². The summed E-state index contributed by atoms with van der Waals surface area (Å²) in [5, 5.41) is 36.8. The van der Waals surface area contributed by atoms with Gasteiger partial charge in [-0.2, -0.15) is 0 Å². The molecule has 4 N–H and O–H groups in total. The Labute approximate surface area is 184 Å². The molecule has 3 fully saturated rings. The summed E-state index contributed by atoms with van der Waals surface area (Å²) in [4.78, 5) is 15.0. The van der Waals surface area contributed by atoms with Crippen LogP contribution in [0.4, 0.5) is 0 Å². The molecule has 170 valence electrons. The molecule has 1 amide bonds. The van der Waals surface area contributed by atoms with Gasteiger partial charge in [-0.15, -0.1) is 0 Å². The zero-order valence-electron chi connectivity index (χ0n) is 18.7. The van der Waals surface area contributed by atoms with Crippen LogP contribution in [0.25, 0.3) is 0 Å². The van der Waals surface area contributed by atoms with Crippen molar-refractivity contribution in [2.75, 3.05) is 13.1 Å². The molecule has 6 nitrogen and oxygen atoms in total.